The molecule has 0 bridgehead atoms. The van der Waals surface area contributed by atoms with E-state index in [-0.39, 0.29) is 29.5 Å². The molecule has 9 heteroatoms. The second-order valence-corrected chi connectivity index (χ2v) is 7.41. The Bertz CT molecular complexity index is 757. The monoisotopic (exact) mass is 513 g/mol. The Balaban J connectivity index is 0.00000300. The molecule has 0 amide bonds. The van der Waals surface area contributed by atoms with Gasteiger partial charge in [0.25, 0.3) is 0 Å². The number of hydrogen-bond donors (Lipinski definition) is 2. The van der Waals surface area contributed by atoms with Crippen molar-refractivity contribution in [1.29, 1.82) is 0 Å². The van der Waals surface area contributed by atoms with Crippen LogP contribution >= 0.6 is 24.0 Å². The van der Waals surface area contributed by atoms with Gasteiger partial charge in [-0.2, -0.15) is 0 Å². The van der Waals surface area contributed by atoms with Crippen molar-refractivity contribution in [1.82, 2.24) is 30.3 Å². The summed E-state index contributed by atoms with van der Waals surface area (Å²) in [5.41, 5.74) is 1.05. The lowest BCUT2D eigenvalue weighted by Gasteiger charge is -2.41. The van der Waals surface area contributed by atoms with Crippen LogP contribution < -0.4 is 10.6 Å². The van der Waals surface area contributed by atoms with Gasteiger partial charge in [0.2, 0.25) is 0 Å². The first-order valence-electron chi connectivity index (χ1n) is 9.89. The number of nitrogens with one attached hydrogen (secondary N) is 2. The lowest BCUT2D eigenvalue weighted by molar-refractivity contribution is -0.00834. The van der Waals surface area contributed by atoms with E-state index in [1.165, 1.54) is 0 Å². The highest BCUT2D eigenvalue weighted by atomic mass is 127. The van der Waals surface area contributed by atoms with Gasteiger partial charge in [-0.3, -0.25) is 9.47 Å². The van der Waals surface area contributed by atoms with Crippen molar-refractivity contribution in [3.05, 3.63) is 42.5 Å². The fourth-order valence-electron chi connectivity index (χ4n) is 3.24. The van der Waals surface area contributed by atoms with Crippen LogP contribution in [-0.4, -0.2) is 70.6 Å². The molecule has 0 saturated carbocycles. The number of halogens is 1. The van der Waals surface area contributed by atoms with E-state index in [9.17, 15) is 0 Å². The average molecular weight is 513 g/mol. The van der Waals surface area contributed by atoms with Gasteiger partial charge in [-0.05, 0) is 32.9 Å². The minimum atomic E-state index is 0. The number of rotatable bonds is 7. The van der Waals surface area contributed by atoms with Gasteiger partial charge in [0.1, 0.15) is 12.9 Å². The molecule has 2 aromatic rings. The molecular formula is C20H32IN7O. The molecule has 1 aromatic carbocycles. The standard InChI is InChI=1S/C20H31N7O.HI/c1-4-21-19(23-15-20(2,3)26-10-12-28-13-11-26)22-14-18-25-24-16-27(18)17-8-6-5-7-9-17;/h5-9,16H,4,10-15H2,1-3H3,(H2,21,22,23);1H. The predicted octanol–water partition coefficient (Wildman–Crippen LogP) is 2.05. The highest BCUT2D eigenvalue weighted by molar-refractivity contribution is 14.0. The van der Waals surface area contributed by atoms with E-state index in [4.69, 9.17) is 9.73 Å². The molecular weight excluding hydrogens is 481 g/mol. The zero-order valence-corrected chi connectivity index (χ0v) is 19.8. The zero-order valence-electron chi connectivity index (χ0n) is 17.5. The van der Waals surface area contributed by atoms with E-state index >= 15 is 0 Å². The zero-order chi connectivity index (χ0) is 19.8. The molecule has 0 spiro atoms. The summed E-state index contributed by atoms with van der Waals surface area (Å²) in [7, 11) is 0. The van der Waals surface area contributed by atoms with Crippen LogP contribution in [0.3, 0.4) is 0 Å². The lowest BCUT2D eigenvalue weighted by atomic mass is 10.0. The summed E-state index contributed by atoms with van der Waals surface area (Å²) >= 11 is 0. The first-order chi connectivity index (χ1) is 13.6. The van der Waals surface area contributed by atoms with E-state index in [2.05, 4.69) is 46.5 Å². The van der Waals surface area contributed by atoms with Crippen molar-refractivity contribution in [2.75, 3.05) is 39.4 Å². The molecule has 8 nitrogen and oxygen atoms in total. The third kappa shape index (κ3) is 6.65. The molecule has 2 heterocycles. The minimum Gasteiger partial charge on any atom is -0.379 e. The summed E-state index contributed by atoms with van der Waals surface area (Å²) in [5, 5.41) is 15.1. The summed E-state index contributed by atoms with van der Waals surface area (Å²) in [6, 6.07) is 10.1. The summed E-state index contributed by atoms with van der Waals surface area (Å²) in [5.74, 6) is 1.59. The summed E-state index contributed by atoms with van der Waals surface area (Å²) < 4.78 is 7.44. The topological polar surface area (TPSA) is 79.6 Å². The first kappa shape index (κ1) is 23.6. The van der Waals surface area contributed by atoms with E-state index in [0.717, 1.165) is 56.9 Å². The Morgan fingerprint density at radius 2 is 1.90 bits per heavy atom. The van der Waals surface area contributed by atoms with Crippen LogP contribution in [-0.2, 0) is 11.3 Å². The SMILES string of the molecule is CCNC(=NCc1nncn1-c1ccccc1)NCC(C)(C)N1CCOCC1.I. The number of guanidine groups is 1. The number of aromatic nitrogens is 3. The molecule has 0 unspecified atom stereocenters. The number of morpholine rings is 1. The molecule has 1 aliphatic heterocycles. The Morgan fingerprint density at radius 3 is 2.59 bits per heavy atom. The summed E-state index contributed by atoms with van der Waals surface area (Å²) in [6.45, 7) is 12.1. The highest BCUT2D eigenvalue weighted by Gasteiger charge is 2.28. The number of aliphatic imine (C=N–C) groups is 1. The smallest absolute Gasteiger partial charge is 0.191 e. The van der Waals surface area contributed by atoms with Gasteiger partial charge < -0.3 is 15.4 Å². The highest BCUT2D eigenvalue weighted by Crippen LogP contribution is 2.15. The van der Waals surface area contributed by atoms with Crippen molar-refractivity contribution >= 4 is 29.9 Å². The largest absolute Gasteiger partial charge is 0.379 e. The van der Waals surface area contributed by atoms with Gasteiger partial charge in [0.05, 0.1) is 13.2 Å². The molecule has 1 aromatic heterocycles. The summed E-state index contributed by atoms with van der Waals surface area (Å²) in [4.78, 5) is 7.18. The fourth-order valence-corrected chi connectivity index (χ4v) is 3.24. The van der Waals surface area contributed by atoms with Crippen LogP contribution in [0, 0.1) is 0 Å². The Morgan fingerprint density at radius 1 is 1.17 bits per heavy atom. The third-order valence-electron chi connectivity index (χ3n) is 4.93. The Kier molecular flexibility index (Phi) is 9.31. The van der Waals surface area contributed by atoms with Crippen LogP contribution in [0.4, 0.5) is 0 Å². The number of ether oxygens (including phenoxy) is 1. The third-order valence-corrected chi connectivity index (χ3v) is 4.93. The van der Waals surface area contributed by atoms with Crippen molar-refractivity contribution in [3.63, 3.8) is 0 Å². The molecule has 29 heavy (non-hydrogen) atoms. The predicted molar refractivity (Wildman–Crippen MR) is 126 cm³/mol. The van der Waals surface area contributed by atoms with Crippen LogP contribution in [0.2, 0.25) is 0 Å². The molecule has 1 aliphatic rings. The average Bonchev–Trinajstić information content (AvgIpc) is 3.20. The minimum absolute atomic E-state index is 0. The van der Waals surface area contributed by atoms with Crippen LogP contribution in [0.15, 0.2) is 41.7 Å². The normalized spacial score (nSPS) is 15.6. The molecule has 2 N–H and O–H groups in total. The van der Waals surface area contributed by atoms with Crippen molar-refractivity contribution in [2.45, 2.75) is 32.9 Å². The Hall–Kier alpha value is -1.72. The van der Waals surface area contributed by atoms with E-state index in [1.54, 1.807) is 6.33 Å². The van der Waals surface area contributed by atoms with Gasteiger partial charge >= 0.3 is 0 Å². The van der Waals surface area contributed by atoms with Gasteiger partial charge in [-0.25, -0.2) is 4.99 Å². The molecule has 0 radical (unpaired) electrons. The second-order valence-electron chi connectivity index (χ2n) is 7.41. The van der Waals surface area contributed by atoms with E-state index in [1.807, 2.05) is 34.9 Å². The van der Waals surface area contributed by atoms with Gasteiger partial charge in [-0.1, -0.05) is 18.2 Å². The fraction of sp³-hybridized carbons (Fsp3) is 0.550. The van der Waals surface area contributed by atoms with E-state index < -0.39 is 0 Å². The lowest BCUT2D eigenvalue weighted by Crippen LogP contribution is -2.56. The molecule has 160 valence electrons. The maximum atomic E-state index is 5.47. The Labute approximate surface area is 190 Å². The van der Waals surface area contributed by atoms with Crippen molar-refractivity contribution < 1.29 is 4.74 Å². The van der Waals surface area contributed by atoms with Gasteiger partial charge in [0, 0.05) is 37.4 Å². The second kappa shape index (κ2) is 11.5. The molecule has 0 aliphatic carbocycles. The quantitative estimate of drug-likeness (QED) is 0.335. The van der Waals surface area contributed by atoms with E-state index in [0.29, 0.717) is 6.54 Å². The molecule has 1 saturated heterocycles. The van der Waals surface area contributed by atoms with Gasteiger partial charge in [0.15, 0.2) is 11.8 Å². The number of hydrogen-bond acceptors (Lipinski definition) is 5. The maximum Gasteiger partial charge on any atom is 0.191 e. The molecule has 3 rings (SSSR count). The van der Waals surface area contributed by atoms with Crippen LogP contribution in [0.5, 0.6) is 0 Å². The number of para-hydroxylation sites is 1. The van der Waals surface area contributed by atoms with Crippen LogP contribution in [0.25, 0.3) is 5.69 Å². The summed E-state index contributed by atoms with van der Waals surface area (Å²) in [6.07, 6.45) is 1.72. The van der Waals surface area contributed by atoms with Crippen molar-refractivity contribution in [2.24, 2.45) is 4.99 Å². The number of benzene rings is 1. The molecule has 0 atom stereocenters. The molecule has 1 fully saturated rings. The number of nitrogens with zero attached hydrogens (tertiary/aromatic N) is 5. The van der Waals surface area contributed by atoms with Crippen LogP contribution in [0.1, 0.15) is 26.6 Å². The maximum absolute atomic E-state index is 5.47. The van der Waals surface area contributed by atoms with Crippen molar-refractivity contribution in [3.8, 4) is 5.69 Å². The van der Waals surface area contributed by atoms with Gasteiger partial charge in [-0.15, -0.1) is 34.2 Å². The first-order valence-corrected chi connectivity index (χ1v) is 9.89.